The molecule has 0 aliphatic heterocycles. The third kappa shape index (κ3) is 7.75. The largest absolute Gasteiger partial charge is 0.462 e. The van der Waals surface area contributed by atoms with Crippen molar-refractivity contribution in [1.82, 2.24) is 0 Å². The predicted molar refractivity (Wildman–Crippen MR) is 51.0 cm³/mol. The first kappa shape index (κ1) is 12.4. The third-order valence-electron chi connectivity index (χ3n) is 1.30. The fraction of sp³-hybridized carbons (Fsp3) is 0.625. The normalized spacial score (nSPS) is 14.7. The van der Waals surface area contributed by atoms with Gasteiger partial charge in [-0.05, 0) is 13.3 Å². The van der Waals surface area contributed by atoms with E-state index in [1.54, 1.807) is 6.92 Å². The maximum atomic E-state index is 10.8. The van der Waals surface area contributed by atoms with Gasteiger partial charge in [0.15, 0.2) is 7.37 Å². The first-order valence-corrected chi connectivity index (χ1v) is 6.24. The van der Waals surface area contributed by atoms with Crippen LogP contribution in [-0.4, -0.2) is 30.3 Å². The summed E-state index contributed by atoms with van der Waals surface area (Å²) in [5.74, 6) is -0.455. The average Bonchev–Trinajstić information content (AvgIpc) is 1.95. The van der Waals surface area contributed by atoms with Crippen molar-refractivity contribution in [3.05, 3.63) is 12.2 Å². The highest BCUT2D eigenvalue weighted by atomic mass is 31.2. The second-order valence-corrected chi connectivity index (χ2v) is 5.59. The summed E-state index contributed by atoms with van der Waals surface area (Å²) in [7, 11) is -2.96. The standard InChI is InChI=1S/C8H15O4P/c1-7(2)8(9)12-5-4-6-13(3,10)11/h1,4-6H2,2-3H3,(H,10,11). The van der Waals surface area contributed by atoms with Crippen molar-refractivity contribution >= 4 is 13.3 Å². The number of hydrogen-bond acceptors (Lipinski definition) is 3. The van der Waals surface area contributed by atoms with E-state index in [9.17, 15) is 9.36 Å². The van der Waals surface area contributed by atoms with Gasteiger partial charge in [0.2, 0.25) is 0 Å². The van der Waals surface area contributed by atoms with Gasteiger partial charge in [0, 0.05) is 18.4 Å². The zero-order valence-corrected chi connectivity index (χ0v) is 8.84. The van der Waals surface area contributed by atoms with Crippen molar-refractivity contribution in [2.75, 3.05) is 19.4 Å². The summed E-state index contributed by atoms with van der Waals surface area (Å²) in [4.78, 5) is 19.7. The van der Waals surface area contributed by atoms with Crippen molar-refractivity contribution < 1.29 is 19.0 Å². The molecule has 0 bridgehead atoms. The minimum Gasteiger partial charge on any atom is -0.462 e. The van der Waals surface area contributed by atoms with Gasteiger partial charge in [-0.3, -0.25) is 4.57 Å². The molecule has 1 atom stereocenters. The molecule has 0 heterocycles. The lowest BCUT2D eigenvalue weighted by Gasteiger charge is -2.05. The van der Waals surface area contributed by atoms with E-state index in [-0.39, 0.29) is 12.8 Å². The Morgan fingerprint density at radius 3 is 2.54 bits per heavy atom. The van der Waals surface area contributed by atoms with Crippen LogP contribution in [0, 0.1) is 0 Å². The number of rotatable bonds is 5. The van der Waals surface area contributed by atoms with Gasteiger partial charge < -0.3 is 9.63 Å². The minimum absolute atomic E-state index is 0.171. The van der Waals surface area contributed by atoms with Crippen molar-refractivity contribution in [1.29, 1.82) is 0 Å². The smallest absolute Gasteiger partial charge is 0.333 e. The maximum Gasteiger partial charge on any atom is 0.333 e. The van der Waals surface area contributed by atoms with Gasteiger partial charge in [-0.25, -0.2) is 4.79 Å². The molecule has 0 aromatic rings. The maximum absolute atomic E-state index is 10.8. The van der Waals surface area contributed by atoms with E-state index >= 15 is 0 Å². The third-order valence-corrected chi connectivity index (χ3v) is 2.44. The molecule has 0 radical (unpaired) electrons. The highest BCUT2D eigenvalue weighted by molar-refractivity contribution is 7.57. The van der Waals surface area contributed by atoms with Crippen LogP contribution in [0.15, 0.2) is 12.2 Å². The summed E-state index contributed by atoms with van der Waals surface area (Å²) in [6.07, 6.45) is 0.583. The highest BCUT2D eigenvalue weighted by Gasteiger charge is 2.09. The first-order chi connectivity index (χ1) is 5.83. The van der Waals surface area contributed by atoms with E-state index in [1.807, 2.05) is 0 Å². The van der Waals surface area contributed by atoms with Crippen molar-refractivity contribution in [2.24, 2.45) is 0 Å². The Labute approximate surface area is 78.0 Å². The van der Waals surface area contributed by atoms with Crippen LogP contribution in [0.1, 0.15) is 13.3 Å². The zero-order chi connectivity index (χ0) is 10.5. The number of ether oxygens (including phenoxy) is 1. The number of carbonyl (C=O) groups excluding carboxylic acids is 1. The minimum atomic E-state index is -2.96. The lowest BCUT2D eigenvalue weighted by atomic mass is 10.4. The Morgan fingerprint density at radius 1 is 1.62 bits per heavy atom. The van der Waals surface area contributed by atoms with E-state index in [4.69, 9.17) is 9.63 Å². The van der Waals surface area contributed by atoms with Gasteiger partial charge in [0.05, 0.1) is 6.61 Å². The van der Waals surface area contributed by atoms with Gasteiger partial charge in [0.25, 0.3) is 0 Å². The lowest BCUT2D eigenvalue weighted by molar-refractivity contribution is -0.138. The van der Waals surface area contributed by atoms with Crippen molar-refractivity contribution in [3.63, 3.8) is 0 Å². The molecule has 76 valence electrons. The van der Waals surface area contributed by atoms with Crippen molar-refractivity contribution in [3.8, 4) is 0 Å². The van der Waals surface area contributed by atoms with Crippen LogP contribution >= 0.6 is 7.37 Å². The van der Waals surface area contributed by atoms with Crippen LogP contribution in [0.25, 0.3) is 0 Å². The molecule has 1 unspecified atom stereocenters. The molecule has 0 aliphatic carbocycles. The van der Waals surface area contributed by atoms with Crippen molar-refractivity contribution in [2.45, 2.75) is 13.3 Å². The summed E-state index contributed by atoms with van der Waals surface area (Å²) < 4.78 is 15.5. The zero-order valence-electron chi connectivity index (χ0n) is 7.95. The molecular formula is C8H15O4P. The van der Waals surface area contributed by atoms with Gasteiger partial charge >= 0.3 is 5.97 Å². The van der Waals surface area contributed by atoms with E-state index in [2.05, 4.69) is 6.58 Å². The van der Waals surface area contributed by atoms with Gasteiger partial charge in [-0.1, -0.05) is 6.58 Å². The number of carbonyl (C=O) groups is 1. The SMILES string of the molecule is C=C(C)C(=O)OCCCP(C)(=O)O. The molecule has 0 aromatic carbocycles. The summed E-state index contributed by atoms with van der Waals surface area (Å²) in [5.41, 5.74) is 0.337. The molecule has 0 fully saturated rings. The van der Waals surface area contributed by atoms with Crippen LogP contribution in [0.2, 0.25) is 0 Å². The van der Waals surface area contributed by atoms with Gasteiger partial charge in [-0.15, -0.1) is 0 Å². The Hall–Kier alpha value is -0.600. The van der Waals surface area contributed by atoms with Crippen LogP contribution < -0.4 is 0 Å². The van der Waals surface area contributed by atoms with E-state index in [1.165, 1.54) is 6.66 Å². The molecule has 13 heavy (non-hydrogen) atoms. The van der Waals surface area contributed by atoms with E-state index in [0.29, 0.717) is 12.0 Å². The molecule has 0 saturated heterocycles. The van der Waals surface area contributed by atoms with E-state index in [0.717, 1.165) is 0 Å². The van der Waals surface area contributed by atoms with Crippen LogP contribution in [-0.2, 0) is 14.1 Å². The topological polar surface area (TPSA) is 63.6 Å². The number of hydrogen-bond donors (Lipinski definition) is 1. The molecule has 0 aliphatic rings. The summed E-state index contributed by atoms with van der Waals surface area (Å²) in [6, 6.07) is 0. The predicted octanol–water partition coefficient (Wildman–Crippen LogP) is 1.40. The average molecular weight is 206 g/mol. The Kier molecular flexibility index (Phi) is 4.96. The summed E-state index contributed by atoms with van der Waals surface area (Å²) in [6.45, 7) is 6.41. The van der Waals surface area contributed by atoms with Gasteiger partial charge in [0.1, 0.15) is 0 Å². The van der Waals surface area contributed by atoms with Gasteiger partial charge in [-0.2, -0.15) is 0 Å². The summed E-state index contributed by atoms with van der Waals surface area (Å²) >= 11 is 0. The second kappa shape index (κ2) is 5.20. The molecule has 0 rings (SSSR count). The van der Waals surface area contributed by atoms with Crippen LogP contribution in [0.5, 0.6) is 0 Å². The Balaban J connectivity index is 3.53. The molecule has 0 saturated carbocycles. The fourth-order valence-electron chi connectivity index (χ4n) is 0.646. The lowest BCUT2D eigenvalue weighted by Crippen LogP contribution is -2.07. The van der Waals surface area contributed by atoms with Crippen LogP contribution in [0.3, 0.4) is 0 Å². The molecule has 5 heteroatoms. The monoisotopic (exact) mass is 206 g/mol. The van der Waals surface area contributed by atoms with E-state index < -0.39 is 13.3 Å². The highest BCUT2D eigenvalue weighted by Crippen LogP contribution is 2.35. The molecule has 0 spiro atoms. The molecule has 0 aromatic heterocycles. The molecule has 1 N–H and O–H groups in total. The molecule has 4 nitrogen and oxygen atoms in total. The Bertz CT molecular complexity index is 241. The molecular weight excluding hydrogens is 191 g/mol. The number of esters is 1. The second-order valence-electron chi connectivity index (χ2n) is 3.04. The fourth-order valence-corrected chi connectivity index (χ4v) is 1.36. The summed E-state index contributed by atoms with van der Waals surface area (Å²) in [5, 5.41) is 0. The first-order valence-electron chi connectivity index (χ1n) is 3.95. The van der Waals surface area contributed by atoms with Crippen LogP contribution in [0.4, 0.5) is 0 Å². The quantitative estimate of drug-likeness (QED) is 0.319. The Morgan fingerprint density at radius 2 is 2.15 bits per heavy atom. The molecule has 0 amide bonds.